The summed E-state index contributed by atoms with van der Waals surface area (Å²) in [6.07, 6.45) is 0.489. The molecule has 0 aliphatic carbocycles. The highest BCUT2D eigenvalue weighted by molar-refractivity contribution is 6.30. The van der Waals surface area contributed by atoms with Crippen LogP contribution >= 0.6 is 11.6 Å². The number of benzene rings is 2. The van der Waals surface area contributed by atoms with Gasteiger partial charge in [0.1, 0.15) is 0 Å². The molecule has 0 atom stereocenters. The monoisotopic (exact) mass is 298 g/mol. The van der Waals surface area contributed by atoms with Crippen molar-refractivity contribution < 1.29 is 18.0 Å². The van der Waals surface area contributed by atoms with Gasteiger partial charge in [0.05, 0.1) is 0 Å². The number of hydrogen-bond donors (Lipinski definition) is 0. The summed E-state index contributed by atoms with van der Waals surface area (Å²) in [5.74, 6) is -4.74. The van der Waals surface area contributed by atoms with Gasteiger partial charge in [-0.3, -0.25) is 4.79 Å². The second-order valence-corrected chi connectivity index (χ2v) is 4.74. The van der Waals surface area contributed by atoms with Crippen LogP contribution in [-0.2, 0) is 6.42 Å². The minimum absolute atomic E-state index is 0.0755. The third kappa shape index (κ3) is 3.39. The summed E-state index contributed by atoms with van der Waals surface area (Å²) in [4.78, 5) is 11.8. The van der Waals surface area contributed by atoms with Crippen molar-refractivity contribution >= 4 is 17.4 Å². The Balaban J connectivity index is 2.07. The summed E-state index contributed by atoms with van der Waals surface area (Å²) < 4.78 is 38.8. The van der Waals surface area contributed by atoms with Crippen LogP contribution in [0.15, 0.2) is 36.4 Å². The predicted octanol–water partition coefficient (Wildman–Crippen LogP) is 4.57. The molecular weight excluding hydrogens is 289 g/mol. The van der Waals surface area contributed by atoms with Crippen LogP contribution in [0.2, 0.25) is 5.02 Å². The number of aryl methyl sites for hydroxylation is 1. The molecule has 0 spiro atoms. The van der Waals surface area contributed by atoms with Crippen LogP contribution in [-0.4, -0.2) is 5.78 Å². The highest BCUT2D eigenvalue weighted by Gasteiger charge is 2.14. The van der Waals surface area contributed by atoms with E-state index in [0.29, 0.717) is 23.6 Å². The van der Waals surface area contributed by atoms with Gasteiger partial charge >= 0.3 is 0 Å². The molecule has 2 aromatic carbocycles. The van der Waals surface area contributed by atoms with E-state index < -0.39 is 23.2 Å². The van der Waals surface area contributed by atoms with Gasteiger partial charge in [-0.15, -0.1) is 0 Å². The number of carbonyl (C=O) groups is 1. The summed E-state index contributed by atoms with van der Waals surface area (Å²) >= 11 is 5.73. The second kappa shape index (κ2) is 6.09. The molecule has 0 bridgehead atoms. The normalized spacial score (nSPS) is 10.6. The summed E-state index contributed by atoms with van der Waals surface area (Å²) in [7, 11) is 0. The number of rotatable bonds is 4. The molecule has 2 aromatic rings. The number of ketones is 1. The number of hydrogen-bond acceptors (Lipinski definition) is 1. The van der Waals surface area contributed by atoms with Crippen molar-refractivity contribution in [1.82, 2.24) is 0 Å². The molecule has 20 heavy (non-hydrogen) atoms. The van der Waals surface area contributed by atoms with Gasteiger partial charge in [-0.1, -0.05) is 23.7 Å². The lowest BCUT2D eigenvalue weighted by Crippen LogP contribution is -2.04. The van der Waals surface area contributed by atoms with Crippen molar-refractivity contribution in [3.05, 3.63) is 70.0 Å². The summed E-state index contributed by atoms with van der Waals surface area (Å²) in [5, 5.41) is 0.586. The first-order chi connectivity index (χ1) is 9.47. The molecule has 0 amide bonds. The van der Waals surface area contributed by atoms with E-state index >= 15 is 0 Å². The van der Waals surface area contributed by atoms with Crippen molar-refractivity contribution in [3.63, 3.8) is 0 Å². The highest BCUT2D eigenvalue weighted by atomic mass is 35.5. The van der Waals surface area contributed by atoms with Gasteiger partial charge in [0.25, 0.3) is 0 Å². The topological polar surface area (TPSA) is 17.1 Å². The standard InChI is InChI=1S/C15H10ClF3O/c16-11-4-1-9(2-5-11)3-6-14(20)10-7-12(17)15(19)13(18)8-10/h1-2,4-5,7-8H,3,6H2. The maximum absolute atomic E-state index is 13.0. The van der Waals surface area contributed by atoms with Crippen LogP contribution in [0.25, 0.3) is 0 Å². The fraction of sp³-hybridized carbons (Fsp3) is 0.133. The lowest BCUT2D eigenvalue weighted by Gasteiger charge is -2.04. The fourth-order valence-electron chi connectivity index (χ4n) is 1.77. The average Bonchev–Trinajstić information content (AvgIpc) is 2.43. The SMILES string of the molecule is O=C(CCc1ccc(Cl)cc1)c1cc(F)c(F)c(F)c1. The van der Waals surface area contributed by atoms with Gasteiger partial charge in [-0.05, 0) is 36.2 Å². The lowest BCUT2D eigenvalue weighted by atomic mass is 10.0. The minimum atomic E-state index is -1.57. The molecule has 0 aromatic heterocycles. The molecule has 0 heterocycles. The molecule has 0 aliphatic rings. The molecule has 1 nitrogen and oxygen atoms in total. The van der Waals surface area contributed by atoms with Crippen LogP contribution in [0.5, 0.6) is 0 Å². The number of halogens is 4. The van der Waals surface area contributed by atoms with Gasteiger partial charge < -0.3 is 0 Å². The van der Waals surface area contributed by atoms with Gasteiger partial charge in [0.15, 0.2) is 23.2 Å². The maximum atomic E-state index is 13.0. The molecule has 0 fully saturated rings. The van der Waals surface area contributed by atoms with Crippen LogP contribution in [0.4, 0.5) is 13.2 Å². The largest absolute Gasteiger partial charge is 0.294 e. The van der Waals surface area contributed by atoms with Gasteiger partial charge in [-0.2, -0.15) is 0 Å². The molecule has 5 heteroatoms. The van der Waals surface area contributed by atoms with Crippen molar-refractivity contribution in [2.24, 2.45) is 0 Å². The Morgan fingerprint density at radius 1 is 1.00 bits per heavy atom. The van der Waals surface area contributed by atoms with Crippen LogP contribution < -0.4 is 0 Å². The second-order valence-electron chi connectivity index (χ2n) is 4.30. The zero-order chi connectivity index (χ0) is 14.7. The van der Waals surface area contributed by atoms with Crippen molar-refractivity contribution in [2.75, 3.05) is 0 Å². The van der Waals surface area contributed by atoms with E-state index in [2.05, 4.69) is 0 Å². The van der Waals surface area contributed by atoms with Crippen molar-refractivity contribution in [2.45, 2.75) is 12.8 Å². The Hall–Kier alpha value is -1.81. The molecule has 0 radical (unpaired) electrons. The molecule has 0 aliphatic heterocycles. The van der Waals surface area contributed by atoms with Crippen LogP contribution in [0.1, 0.15) is 22.3 Å². The summed E-state index contributed by atoms with van der Waals surface area (Å²) in [5.41, 5.74) is 0.709. The lowest BCUT2D eigenvalue weighted by molar-refractivity contribution is 0.0981. The van der Waals surface area contributed by atoms with Crippen LogP contribution in [0.3, 0.4) is 0 Å². The number of carbonyl (C=O) groups excluding carboxylic acids is 1. The van der Waals surface area contributed by atoms with Gasteiger partial charge in [-0.25, -0.2) is 13.2 Å². The molecule has 104 valence electrons. The fourth-order valence-corrected chi connectivity index (χ4v) is 1.90. The van der Waals surface area contributed by atoms with Crippen molar-refractivity contribution in [3.8, 4) is 0 Å². The highest BCUT2D eigenvalue weighted by Crippen LogP contribution is 2.16. The Labute approximate surface area is 119 Å². The third-order valence-corrected chi connectivity index (χ3v) is 3.11. The quantitative estimate of drug-likeness (QED) is 0.597. The summed E-state index contributed by atoms with van der Waals surface area (Å²) in [6.45, 7) is 0. The van der Waals surface area contributed by atoms with E-state index in [4.69, 9.17) is 11.6 Å². The Morgan fingerprint density at radius 3 is 2.10 bits per heavy atom. The zero-order valence-electron chi connectivity index (χ0n) is 10.3. The molecule has 0 saturated carbocycles. The van der Waals surface area contributed by atoms with Crippen molar-refractivity contribution in [1.29, 1.82) is 0 Å². The molecule has 0 saturated heterocycles. The van der Waals surface area contributed by atoms with E-state index in [1.807, 2.05) is 0 Å². The summed E-state index contributed by atoms with van der Waals surface area (Å²) in [6, 6.07) is 8.34. The molecular formula is C15H10ClF3O. The van der Waals surface area contributed by atoms with E-state index in [0.717, 1.165) is 5.56 Å². The van der Waals surface area contributed by atoms with E-state index in [1.54, 1.807) is 24.3 Å². The van der Waals surface area contributed by atoms with Crippen LogP contribution in [0, 0.1) is 17.5 Å². The Morgan fingerprint density at radius 2 is 1.55 bits per heavy atom. The molecule has 0 unspecified atom stereocenters. The molecule has 0 N–H and O–H groups in total. The van der Waals surface area contributed by atoms with E-state index in [1.165, 1.54) is 0 Å². The van der Waals surface area contributed by atoms with E-state index in [9.17, 15) is 18.0 Å². The predicted molar refractivity (Wildman–Crippen MR) is 70.4 cm³/mol. The number of Topliss-reactive ketones (excluding diaryl/α,β-unsaturated/α-hetero) is 1. The Kier molecular flexibility index (Phi) is 4.45. The van der Waals surface area contributed by atoms with E-state index in [-0.39, 0.29) is 12.0 Å². The average molecular weight is 299 g/mol. The first-order valence-corrected chi connectivity index (χ1v) is 6.27. The smallest absolute Gasteiger partial charge is 0.194 e. The third-order valence-electron chi connectivity index (χ3n) is 2.86. The van der Waals surface area contributed by atoms with Gasteiger partial charge in [0.2, 0.25) is 0 Å². The van der Waals surface area contributed by atoms with Gasteiger partial charge in [0, 0.05) is 17.0 Å². The first kappa shape index (κ1) is 14.6. The zero-order valence-corrected chi connectivity index (χ0v) is 11.1. The molecule has 2 rings (SSSR count). The first-order valence-electron chi connectivity index (χ1n) is 5.89. The Bertz CT molecular complexity index is 615. The maximum Gasteiger partial charge on any atom is 0.194 e. The minimum Gasteiger partial charge on any atom is -0.294 e.